The fourth-order valence-electron chi connectivity index (χ4n) is 3.94. The number of carbonyl (C=O) groups is 2. The number of carbonyl (C=O) groups excluding carboxylic acids is 2. The van der Waals surface area contributed by atoms with Crippen molar-refractivity contribution in [2.45, 2.75) is 25.4 Å². The summed E-state index contributed by atoms with van der Waals surface area (Å²) in [7, 11) is 0. The highest BCUT2D eigenvalue weighted by Crippen LogP contribution is 2.21. The topological polar surface area (TPSA) is 96.2 Å². The first-order valence-electron chi connectivity index (χ1n) is 11.4. The van der Waals surface area contributed by atoms with Crippen molar-refractivity contribution < 1.29 is 9.59 Å². The number of rotatable bonds is 8. The number of nitrogens with zero attached hydrogens (tertiary/aromatic N) is 6. The van der Waals surface area contributed by atoms with Gasteiger partial charge in [0.15, 0.2) is 0 Å². The molecule has 34 heavy (non-hydrogen) atoms. The highest BCUT2D eigenvalue weighted by Gasteiger charge is 2.23. The largest absolute Gasteiger partial charge is 0.339 e. The Morgan fingerprint density at radius 3 is 2.53 bits per heavy atom. The van der Waals surface area contributed by atoms with Crippen molar-refractivity contribution >= 4 is 29.3 Å². The maximum atomic E-state index is 12.8. The number of benzene rings is 2. The summed E-state index contributed by atoms with van der Waals surface area (Å²) < 4.78 is 1.67. The lowest BCUT2D eigenvalue weighted by atomic mass is 10.1. The Kier molecular flexibility index (Phi) is 7.91. The van der Waals surface area contributed by atoms with Crippen molar-refractivity contribution in [2.24, 2.45) is 0 Å². The minimum Gasteiger partial charge on any atom is -0.339 e. The number of aromatic nitrogens is 4. The van der Waals surface area contributed by atoms with Crippen LogP contribution in [0.1, 0.15) is 18.1 Å². The van der Waals surface area contributed by atoms with E-state index in [4.69, 9.17) is 0 Å². The molecule has 1 aromatic heterocycles. The molecule has 0 atom stereocenters. The van der Waals surface area contributed by atoms with Gasteiger partial charge in [-0.15, -0.1) is 5.10 Å². The van der Waals surface area contributed by atoms with Crippen LogP contribution in [0.15, 0.2) is 53.7 Å². The molecule has 9 nitrogen and oxygen atoms in total. The van der Waals surface area contributed by atoms with Gasteiger partial charge in [-0.1, -0.05) is 55.1 Å². The standard InChI is InChI=1S/C24H29N7O2S/c1-3-19-9-5-6-10-20(19)25-22(32)16-29-12-14-30(15-13-29)23(33)17-34-24-26-27-28-31(24)21-11-7-4-8-18(21)2/h4-11H,3,12-17H2,1-2H3,(H,25,32). The number of tetrazole rings is 1. The van der Waals surface area contributed by atoms with Gasteiger partial charge in [-0.05, 0) is 47.0 Å². The number of nitrogens with one attached hydrogen (secondary N) is 1. The van der Waals surface area contributed by atoms with Crippen LogP contribution in [-0.2, 0) is 16.0 Å². The molecule has 1 aliphatic heterocycles. The number of amides is 2. The van der Waals surface area contributed by atoms with Gasteiger partial charge in [0.2, 0.25) is 17.0 Å². The van der Waals surface area contributed by atoms with E-state index in [9.17, 15) is 9.59 Å². The second-order valence-electron chi connectivity index (χ2n) is 8.16. The van der Waals surface area contributed by atoms with Gasteiger partial charge in [-0.2, -0.15) is 4.68 Å². The van der Waals surface area contributed by atoms with Gasteiger partial charge in [0.05, 0.1) is 18.0 Å². The smallest absolute Gasteiger partial charge is 0.238 e. The maximum Gasteiger partial charge on any atom is 0.238 e. The van der Waals surface area contributed by atoms with Gasteiger partial charge in [-0.3, -0.25) is 14.5 Å². The zero-order chi connectivity index (χ0) is 23.9. The molecule has 10 heteroatoms. The molecule has 1 fully saturated rings. The normalized spacial score (nSPS) is 14.2. The molecule has 2 heterocycles. The zero-order valence-corrected chi connectivity index (χ0v) is 20.3. The molecule has 0 radical (unpaired) electrons. The van der Waals surface area contributed by atoms with Crippen molar-refractivity contribution in [3.05, 3.63) is 59.7 Å². The average Bonchev–Trinajstić information content (AvgIpc) is 3.32. The summed E-state index contributed by atoms with van der Waals surface area (Å²) in [5.74, 6) is 0.283. The third-order valence-corrected chi connectivity index (χ3v) is 6.78. The zero-order valence-electron chi connectivity index (χ0n) is 19.5. The maximum absolute atomic E-state index is 12.8. The van der Waals surface area contributed by atoms with Gasteiger partial charge in [-0.25, -0.2) is 0 Å². The molecular formula is C24H29N7O2S. The monoisotopic (exact) mass is 479 g/mol. The fraction of sp³-hybridized carbons (Fsp3) is 0.375. The Hall–Kier alpha value is -3.24. The van der Waals surface area contributed by atoms with Crippen LogP contribution in [-0.4, -0.2) is 80.3 Å². The molecule has 0 unspecified atom stereocenters. The summed E-state index contributed by atoms with van der Waals surface area (Å²) >= 11 is 1.33. The van der Waals surface area contributed by atoms with Crippen LogP contribution in [0.5, 0.6) is 0 Å². The van der Waals surface area contributed by atoms with Crippen molar-refractivity contribution in [1.29, 1.82) is 0 Å². The summed E-state index contributed by atoms with van der Waals surface area (Å²) in [6.45, 7) is 6.92. The van der Waals surface area contributed by atoms with Gasteiger partial charge in [0.25, 0.3) is 0 Å². The number of hydrogen-bond acceptors (Lipinski definition) is 7. The van der Waals surface area contributed by atoms with Crippen LogP contribution >= 0.6 is 11.8 Å². The fourth-order valence-corrected chi connectivity index (χ4v) is 4.72. The minimum atomic E-state index is -0.0285. The third-order valence-electron chi connectivity index (χ3n) is 5.87. The van der Waals surface area contributed by atoms with Crippen LogP contribution in [0.2, 0.25) is 0 Å². The molecule has 1 N–H and O–H groups in total. The number of aryl methyl sites for hydroxylation is 2. The lowest BCUT2D eigenvalue weighted by Crippen LogP contribution is -2.50. The Bertz CT molecular complexity index is 1140. The van der Waals surface area contributed by atoms with Crippen molar-refractivity contribution in [1.82, 2.24) is 30.0 Å². The van der Waals surface area contributed by atoms with Crippen LogP contribution in [0.3, 0.4) is 0 Å². The molecule has 2 amide bonds. The molecule has 0 saturated carbocycles. The molecular weight excluding hydrogens is 450 g/mol. The number of thioether (sulfide) groups is 1. The molecule has 1 saturated heterocycles. The average molecular weight is 480 g/mol. The number of hydrogen-bond donors (Lipinski definition) is 1. The summed E-state index contributed by atoms with van der Waals surface area (Å²) in [5, 5.41) is 15.5. The Morgan fingerprint density at radius 1 is 1.03 bits per heavy atom. The molecule has 178 valence electrons. The number of anilines is 1. The minimum absolute atomic E-state index is 0.0285. The van der Waals surface area contributed by atoms with E-state index < -0.39 is 0 Å². The molecule has 3 aromatic rings. The first kappa shape index (κ1) is 23.9. The lowest BCUT2D eigenvalue weighted by molar-refractivity contribution is -0.130. The molecule has 0 spiro atoms. The number of para-hydroxylation sites is 2. The lowest BCUT2D eigenvalue weighted by Gasteiger charge is -2.34. The Balaban J connectivity index is 1.24. The first-order valence-corrected chi connectivity index (χ1v) is 12.4. The van der Waals surface area contributed by atoms with E-state index in [1.807, 2.05) is 60.4 Å². The van der Waals surface area contributed by atoms with Gasteiger partial charge in [0, 0.05) is 31.9 Å². The Morgan fingerprint density at radius 2 is 1.76 bits per heavy atom. The van der Waals surface area contributed by atoms with E-state index in [0.717, 1.165) is 28.9 Å². The summed E-state index contributed by atoms with van der Waals surface area (Å²) in [6, 6.07) is 15.7. The van der Waals surface area contributed by atoms with E-state index in [-0.39, 0.29) is 17.6 Å². The third kappa shape index (κ3) is 5.81. The van der Waals surface area contributed by atoms with Crippen LogP contribution in [0.4, 0.5) is 5.69 Å². The Labute approximate surface area is 203 Å². The van der Waals surface area contributed by atoms with E-state index >= 15 is 0 Å². The molecule has 0 aliphatic carbocycles. The number of piperazine rings is 1. The van der Waals surface area contributed by atoms with Crippen LogP contribution in [0.25, 0.3) is 5.69 Å². The van der Waals surface area contributed by atoms with Crippen LogP contribution in [0, 0.1) is 6.92 Å². The SMILES string of the molecule is CCc1ccccc1NC(=O)CN1CCN(C(=O)CSc2nnnn2-c2ccccc2C)CC1. The van der Waals surface area contributed by atoms with Crippen LogP contribution < -0.4 is 5.32 Å². The molecule has 2 aromatic carbocycles. The van der Waals surface area contributed by atoms with E-state index in [2.05, 4.69) is 32.7 Å². The molecule has 1 aliphatic rings. The molecule has 4 rings (SSSR count). The van der Waals surface area contributed by atoms with E-state index in [1.165, 1.54) is 11.8 Å². The van der Waals surface area contributed by atoms with Crippen molar-refractivity contribution in [3.8, 4) is 5.69 Å². The summed E-state index contributed by atoms with van der Waals surface area (Å²) in [5.41, 5.74) is 3.95. The van der Waals surface area contributed by atoms with Gasteiger partial charge < -0.3 is 10.2 Å². The van der Waals surface area contributed by atoms with E-state index in [0.29, 0.717) is 37.9 Å². The predicted octanol–water partition coefficient (Wildman–Crippen LogP) is 2.41. The first-order chi connectivity index (χ1) is 16.5. The van der Waals surface area contributed by atoms with Crippen molar-refractivity contribution in [2.75, 3.05) is 43.8 Å². The van der Waals surface area contributed by atoms with E-state index in [1.54, 1.807) is 4.68 Å². The second kappa shape index (κ2) is 11.3. The van der Waals surface area contributed by atoms with Gasteiger partial charge >= 0.3 is 0 Å². The second-order valence-corrected chi connectivity index (χ2v) is 9.11. The highest BCUT2D eigenvalue weighted by atomic mass is 32.2. The quantitative estimate of drug-likeness (QED) is 0.496. The van der Waals surface area contributed by atoms with Crippen molar-refractivity contribution in [3.63, 3.8) is 0 Å². The summed E-state index contributed by atoms with van der Waals surface area (Å²) in [6.07, 6.45) is 0.868. The molecule has 0 bridgehead atoms. The predicted molar refractivity (Wildman–Crippen MR) is 132 cm³/mol. The highest BCUT2D eigenvalue weighted by molar-refractivity contribution is 7.99. The summed E-state index contributed by atoms with van der Waals surface area (Å²) in [4.78, 5) is 29.2. The van der Waals surface area contributed by atoms with Gasteiger partial charge in [0.1, 0.15) is 0 Å².